The van der Waals surface area contributed by atoms with Crippen LogP contribution in [-0.2, 0) is 9.84 Å². The molecule has 140 valence electrons. The third-order valence-corrected chi connectivity index (χ3v) is 5.60. The molecular weight excluding hydrogens is 370 g/mol. The lowest BCUT2D eigenvalue weighted by Crippen LogP contribution is -2.17. The average Bonchev–Trinajstić information content (AvgIpc) is 3.16. The van der Waals surface area contributed by atoms with Crippen molar-refractivity contribution in [2.45, 2.75) is 11.8 Å². The summed E-state index contributed by atoms with van der Waals surface area (Å²) in [7, 11) is -2.01. The lowest BCUT2D eigenvalue weighted by Gasteiger charge is -2.07. The summed E-state index contributed by atoms with van der Waals surface area (Å²) in [6, 6.07) is 12.8. The maximum Gasteiger partial charge on any atom is 0.322 e. The van der Waals surface area contributed by atoms with Crippen molar-refractivity contribution in [2.75, 3.05) is 18.2 Å². The summed E-state index contributed by atoms with van der Waals surface area (Å²) >= 11 is 0. The van der Waals surface area contributed by atoms with E-state index >= 15 is 0 Å². The number of aromatic nitrogens is 2. The summed E-state index contributed by atoms with van der Waals surface area (Å²) in [5.74, 6) is 0.0507. The van der Waals surface area contributed by atoms with E-state index in [9.17, 15) is 13.2 Å². The number of anilines is 1. The van der Waals surface area contributed by atoms with Gasteiger partial charge in [-0.05, 0) is 30.3 Å². The number of amides is 1. The van der Waals surface area contributed by atoms with E-state index in [-0.39, 0.29) is 28.1 Å². The van der Waals surface area contributed by atoms with E-state index in [0.717, 1.165) is 0 Å². The van der Waals surface area contributed by atoms with Gasteiger partial charge >= 0.3 is 6.01 Å². The molecule has 1 amide bonds. The molecule has 0 spiro atoms. The van der Waals surface area contributed by atoms with E-state index < -0.39 is 15.7 Å². The molecule has 0 fully saturated rings. The van der Waals surface area contributed by atoms with Gasteiger partial charge in [0.15, 0.2) is 9.84 Å². The monoisotopic (exact) mass is 387 g/mol. The molecule has 3 aromatic rings. The lowest BCUT2D eigenvalue weighted by molar-refractivity contribution is 0.102. The SMILES string of the molecule is CCS(=O)(=O)c1ccccc1C(=O)Nc1nnc(-c2cccc(OC)c2)o1. The van der Waals surface area contributed by atoms with E-state index in [2.05, 4.69) is 15.5 Å². The topological polar surface area (TPSA) is 111 Å². The third-order valence-electron chi connectivity index (χ3n) is 3.81. The molecule has 0 aliphatic rings. The van der Waals surface area contributed by atoms with E-state index in [4.69, 9.17) is 9.15 Å². The van der Waals surface area contributed by atoms with Crippen molar-refractivity contribution >= 4 is 21.8 Å². The predicted molar refractivity (Wildman–Crippen MR) is 98.4 cm³/mol. The zero-order valence-corrected chi connectivity index (χ0v) is 15.5. The van der Waals surface area contributed by atoms with Gasteiger partial charge in [0, 0.05) is 5.56 Å². The fourth-order valence-electron chi connectivity index (χ4n) is 2.39. The molecule has 1 heterocycles. The Morgan fingerprint density at radius 2 is 1.93 bits per heavy atom. The van der Waals surface area contributed by atoms with Gasteiger partial charge in [0.05, 0.1) is 23.3 Å². The van der Waals surface area contributed by atoms with Crippen molar-refractivity contribution in [3.8, 4) is 17.2 Å². The highest BCUT2D eigenvalue weighted by Gasteiger charge is 2.22. The number of sulfone groups is 1. The minimum atomic E-state index is -3.55. The van der Waals surface area contributed by atoms with Crippen LogP contribution < -0.4 is 10.1 Å². The Labute approximate surface area is 156 Å². The van der Waals surface area contributed by atoms with Crippen LogP contribution in [0.1, 0.15) is 17.3 Å². The molecule has 0 radical (unpaired) electrons. The first-order valence-corrected chi connectivity index (χ1v) is 9.71. The van der Waals surface area contributed by atoms with Crippen molar-refractivity contribution in [3.63, 3.8) is 0 Å². The molecule has 1 N–H and O–H groups in total. The molecule has 9 heteroatoms. The van der Waals surface area contributed by atoms with Crippen molar-refractivity contribution in [1.29, 1.82) is 0 Å². The fourth-order valence-corrected chi connectivity index (χ4v) is 3.48. The van der Waals surface area contributed by atoms with Crippen LogP contribution >= 0.6 is 0 Å². The highest BCUT2D eigenvalue weighted by Crippen LogP contribution is 2.24. The largest absolute Gasteiger partial charge is 0.497 e. The Bertz CT molecular complexity index is 1080. The Balaban J connectivity index is 1.85. The second kappa shape index (κ2) is 7.58. The molecule has 1 aromatic heterocycles. The number of methoxy groups -OCH3 is 1. The van der Waals surface area contributed by atoms with Gasteiger partial charge in [-0.3, -0.25) is 10.1 Å². The number of nitrogens with one attached hydrogen (secondary N) is 1. The number of hydrogen-bond donors (Lipinski definition) is 1. The van der Waals surface area contributed by atoms with Crippen LogP contribution in [0.25, 0.3) is 11.5 Å². The first kappa shape index (κ1) is 18.6. The Kier molecular flexibility index (Phi) is 5.22. The number of carbonyl (C=O) groups excluding carboxylic acids is 1. The number of hydrogen-bond acceptors (Lipinski definition) is 7. The number of nitrogens with zero attached hydrogens (tertiary/aromatic N) is 2. The molecule has 0 aliphatic heterocycles. The van der Waals surface area contributed by atoms with Crippen LogP contribution in [0.4, 0.5) is 6.01 Å². The van der Waals surface area contributed by atoms with Crippen molar-refractivity contribution in [2.24, 2.45) is 0 Å². The molecule has 0 atom stereocenters. The smallest absolute Gasteiger partial charge is 0.322 e. The van der Waals surface area contributed by atoms with Gasteiger partial charge in [-0.1, -0.05) is 30.2 Å². The number of rotatable bonds is 6. The third kappa shape index (κ3) is 3.98. The minimum Gasteiger partial charge on any atom is -0.497 e. The van der Waals surface area contributed by atoms with E-state index in [1.165, 1.54) is 19.1 Å². The summed E-state index contributed by atoms with van der Waals surface area (Å²) in [4.78, 5) is 12.5. The number of ether oxygens (including phenoxy) is 1. The van der Waals surface area contributed by atoms with E-state index in [1.54, 1.807) is 43.5 Å². The van der Waals surface area contributed by atoms with E-state index in [1.807, 2.05) is 0 Å². The van der Waals surface area contributed by atoms with Crippen LogP contribution in [0.15, 0.2) is 57.8 Å². The molecule has 8 nitrogen and oxygen atoms in total. The van der Waals surface area contributed by atoms with Gasteiger partial charge in [-0.2, -0.15) is 0 Å². The van der Waals surface area contributed by atoms with Crippen LogP contribution in [0, 0.1) is 0 Å². The van der Waals surface area contributed by atoms with E-state index in [0.29, 0.717) is 11.3 Å². The Morgan fingerprint density at radius 1 is 1.15 bits per heavy atom. The van der Waals surface area contributed by atoms with Gasteiger partial charge in [-0.25, -0.2) is 8.42 Å². The summed E-state index contributed by atoms with van der Waals surface area (Å²) in [5, 5.41) is 10.1. The summed E-state index contributed by atoms with van der Waals surface area (Å²) in [5.41, 5.74) is 0.636. The highest BCUT2D eigenvalue weighted by molar-refractivity contribution is 7.91. The molecular formula is C18H17N3O5S. The standard InChI is InChI=1S/C18H17N3O5S/c1-3-27(23,24)15-10-5-4-9-14(15)16(22)19-18-21-20-17(26-18)12-7-6-8-13(11-12)25-2/h4-11H,3H2,1-2H3,(H,19,21,22). The summed E-state index contributed by atoms with van der Waals surface area (Å²) < 4.78 is 35.0. The Morgan fingerprint density at radius 3 is 2.67 bits per heavy atom. The molecule has 0 saturated carbocycles. The van der Waals surface area contributed by atoms with Gasteiger partial charge in [0.1, 0.15) is 5.75 Å². The highest BCUT2D eigenvalue weighted by atomic mass is 32.2. The number of carbonyl (C=O) groups is 1. The van der Waals surface area contributed by atoms with Crippen LogP contribution in [0.5, 0.6) is 5.75 Å². The van der Waals surface area contributed by atoms with Crippen molar-refractivity contribution in [1.82, 2.24) is 10.2 Å². The van der Waals surface area contributed by atoms with Crippen LogP contribution in [0.2, 0.25) is 0 Å². The molecule has 0 bridgehead atoms. The molecule has 0 unspecified atom stereocenters. The first-order chi connectivity index (χ1) is 12.9. The van der Waals surface area contributed by atoms with Gasteiger partial charge in [0.2, 0.25) is 5.89 Å². The molecule has 0 aliphatic carbocycles. The average molecular weight is 387 g/mol. The quantitative estimate of drug-likeness (QED) is 0.692. The normalized spacial score (nSPS) is 11.2. The predicted octanol–water partition coefficient (Wildman–Crippen LogP) is 2.79. The van der Waals surface area contributed by atoms with Gasteiger partial charge in [-0.15, -0.1) is 5.10 Å². The maximum absolute atomic E-state index is 12.5. The molecule has 2 aromatic carbocycles. The Hall–Kier alpha value is -3.20. The van der Waals surface area contributed by atoms with Crippen molar-refractivity contribution in [3.05, 3.63) is 54.1 Å². The molecule has 27 heavy (non-hydrogen) atoms. The summed E-state index contributed by atoms with van der Waals surface area (Å²) in [6.07, 6.45) is 0. The second-order valence-corrected chi connectivity index (χ2v) is 7.74. The van der Waals surface area contributed by atoms with Crippen molar-refractivity contribution < 1.29 is 22.4 Å². The number of benzene rings is 2. The zero-order chi connectivity index (χ0) is 19.4. The van der Waals surface area contributed by atoms with Crippen LogP contribution in [0.3, 0.4) is 0 Å². The zero-order valence-electron chi connectivity index (χ0n) is 14.7. The second-order valence-electron chi connectivity index (χ2n) is 5.50. The van der Waals surface area contributed by atoms with Crippen LogP contribution in [-0.4, -0.2) is 37.4 Å². The lowest BCUT2D eigenvalue weighted by atomic mass is 10.2. The fraction of sp³-hybridized carbons (Fsp3) is 0.167. The molecule has 0 saturated heterocycles. The molecule has 3 rings (SSSR count). The van der Waals surface area contributed by atoms with Gasteiger partial charge < -0.3 is 9.15 Å². The summed E-state index contributed by atoms with van der Waals surface area (Å²) in [6.45, 7) is 1.52. The minimum absolute atomic E-state index is 0.0143. The van der Waals surface area contributed by atoms with Gasteiger partial charge in [0.25, 0.3) is 5.91 Å². The maximum atomic E-state index is 12.5. The first-order valence-electron chi connectivity index (χ1n) is 8.05.